The number of hydrogen-bond donors (Lipinski definition) is 1. The molecule has 0 spiro atoms. The molecule has 9 heteroatoms. The molecule has 3 heterocycles. The number of amides is 1. The number of carbonyl (C=O) groups excluding carboxylic acids is 1. The lowest BCUT2D eigenvalue weighted by Gasteiger charge is -2.17. The minimum Gasteiger partial charge on any atom is -0.479 e. The predicted molar refractivity (Wildman–Crippen MR) is 76.1 cm³/mol. The van der Waals surface area contributed by atoms with Gasteiger partial charge in [0.15, 0.2) is 4.96 Å². The molecule has 1 aliphatic heterocycles. The fourth-order valence-corrected chi connectivity index (χ4v) is 3.29. The lowest BCUT2D eigenvalue weighted by atomic mass is 10.1. The highest BCUT2D eigenvalue weighted by Crippen LogP contribution is 2.26. The first-order chi connectivity index (χ1) is 10.3. The van der Waals surface area contributed by atoms with Crippen molar-refractivity contribution in [3.63, 3.8) is 0 Å². The minimum atomic E-state index is -2.46. The number of alkyl halides is 1. The molecule has 0 aromatic carbocycles. The molecule has 1 amide bonds. The first-order valence-corrected chi connectivity index (χ1v) is 7.39. The van der Waals surface area contributed by atoms with Crippen LogP contribution in [-0.2, 0) is 4.79 Å². The van der Waals surface area contributed by atoms with E-state index >= 15 is 0 Å². The van der Waals surface area contributed by atoms with Crippen molar-refractivity contribution in [3.05, 3.63) is 33.2 Å². The summed E-state index contributed by atoms with van der Waals surface area (Å²) in [6.07, 6.45) is 0.873. The maximum atomic E-state index is 14.0. The molecule has 116 valence electrons. The van der Waals surface area contributed by atoms with Gasteiger partial charge >= 0.3 is 5.97 Å². The largest absolute Gasteiger partial charge is 0.479 e. The smallest absolute Gasteiger partial charge is 0.343 e. The average molecular weight is 325 g/mol. The fraction of sp³-hybridized carbons (Fsp3) is 0.385. The second-order valence-electron chi connectivity index (χ2n) is 5.22. The van der Waals surface area contributed by atoms with Gasteiger partial charge in [-0.3, -0.25) is 14.0 Å². The van der Waals surface area contributed by atoms with E-state index in [0.717, 1.165) is 11.1 Å². The summed E-state index contributed by atoms with van der Waals surface area (Å²) < 4.78 is 15.4. The van der Waals surface area contributed by atoms with Crippen molar-refractivity contribution in [1.29, 1.82) is 0 Å². The molecule has 1 fully saturated rings. The van der Waals surface area contributed by atoms with Crippen LogP contribution in [0.5, 0.6) is 0 Å². The molecule has 0 bridgehead atoms. The van der Waals surface area contributed by atoms with E-state index in [1.807, 2.05) is 0 Å². The third kappa shape index (κ3) is 2.08. The molecule has 1 aliphatic rings. The highest BCUT2D eigenvalue weighted by atomic mass is 32.1. The van der Waals surface area contributed by atoms with Gasteiger partial charge in [-0.05, 0) is 6.92 Å². The summed E-state index contributed by atoms with van der Waals surface area (Å²) in [7, 11) is 0. The van der Waals surface area contributed by atoms with Crippen molar-refractivity contribution < 1.29 is 19.1 Å². The van der Waals surface area contributed by atoms with Crippen LogP contribution < -0.4 is 5.56 Å². The molecular weight excluding hydrogens is 313 g/mol. The molecule has 3 rings (SSSR count). The van der Waals surface area contributed by atoms with Crippen LogP contribution in [0.15, 0.2) is 16.4 Å². The van der Waals surface area contributed by atoms with E-state index in [1.54, 1.807) is 12.3 Å². The van der Waals surface area contributed by atoms with Crippen LogP contribution in [-0.4, -0.2) is 50.0 Å². The lowest BCUT2D eigenvalue weighted by Crippen LogP contribution is -2.40. The second-order valence-corrected chi connectivity index (χ2v) is 6.06. The highest BCUT2D eigenvalue weighted by Gasteiger charge is 2.47. The van der Waals surface area contributed by atoms with E-state index in [2.05, 4.69) is 4.98 Å². The van der Waals surface area contributed by atoms with Crippen LogP contribution in [0.2, 0.25) is 0 Å². The molecule has 0 aliphatic carbocycles. The van der Waals surface area contributed by atoms with E-state index in [4.69, 9.17) is 5.11 Å². The van der Waals surface area contributed by atoms with Gasteiger partial charge in [0.25, 0.3) is 11.5 Å². The topological polar surface area (TPSA) is 92.0 Å². The predicted octanol–water partition coefficient (Wildman–Crippen LogP) is 0.703. The maximum Gasteiger partial charge on any atom is 0.343 e. The normalized spacial score (nSPS) is 21.5. The van der Waals surface area contributed by atoms with E-state index < -0.39 is 29.6 Å². The molecule has 2 aromatic heterocycles. The molecule has 7 nitrogen and oxygen atoms in total. The summed E-state index contributed by atoms with van der Waals surface area (Å²) in [4.78, 5) is 41.2. The van der Waals surface area contributed by atoms with Crippen LogP contribution >= 0.6 is 11.3 Å². The molecular formula is C13H12FN3O4S. The first-order valence-electron chi connectivity index (χ1n) is 6.51. The minimum absolute atomic E-state index is 0.0492. The number of nitrogens with zero attached hydrogens (tertiary/aromatic N) is 3. The molecule has 1 atom stereocenters. The standard InChI is InChI=1S/C13H12FN3O4S/c1-7-5-22-12-15-4-8(10(19)17(7)12)9(18)16-3-2-13(14,6-16)11(20)21/h4-5H,2-3,6H2,1H3,(H,20,21). The van der Waals surface area contributed by atoms with Crippen LogP contribution in [0, 0.1) is 6.92 Å². The van der Waals surface area contributed by atoms with Crippen LogP contribution in [0.3, 0.4) is 0 Å². The summed E-state index contributed by atoms with van der Waals surface area (Å²) >= 11 is 1.27. The average Bonchev–Trinajstić information content (AvgIpc) is 3.04. The number of carbonyl (C=O) groups is 2. The zero-order chi connectivity index (χ0) is 16.1. The fourth-order valence-electron chi connectivity index (χ4n) is 2.46. The van der Waals surface area contributed by atoms with E-state index in [-0.39, 0.29) is 18.5 Å². The Morgan fingerprint density at radius 1 is 1.50 bits per heavy atom. The van der Waals surface area contributed by atoms with Gasteiger partial charge in [-0.1, -0.05) is 0 Å². The van der Waals surface area contributed by atoms with Crippen LogP contribution in [0.4, 0.5) is 4.39 Å². The first kappa shape index (κ1) is 14.6. The quantitative estimate of drug-likeness (QED) is 0.877. The lowest BCUT2D eigenvalue weighted by molar-refractivity contribution is -0.149. The summed E-state index contributed by atoms with van der Waals surface area (Å²) in [5.41, 5.74) is -2.52. The monoisotopic (exact) mass is 325 g/mol. The van der Waals surface area contributed by atoms with E-state index in [0.29, 0.717) is 10.7 Å². The summed E-state index contributed by atoms with van der Waals surface area (Å²) in [5, 5.41) is 10.6. The van der Waals surface area contributed by atoms with Gasteiger partial charge in [-0.15, -0.1) is 11.3 Å². The molecule has 0 radical (unpaired) electrons. The Kier molecular flexibility index (Phi) is 3.24. The Balaban J connectivity index is 1.97. The van der Waals surface area contributed by atoms with Gasteiger partial charge < -0.3 is 10.0 Å². The van der Waals surface area contributed by atoms with Crippen molar-refractivity contribution in [2.75, 3.05) is 13.1 Å². The van der Waals surface area contributed by atoms with Crippen molar-refractivity contribution >= 4 is 28.2 Å². The van der Waals surface area contributed by atoms with E-state index in [9.17, 15) is 18.8 Å². The number of halogens is 1. The molecule has 1 saturated heterocycles. The van der Waals surface area contributed by atoms with Crippen molar-refractivity contribution in [2.24, 2.45) is 0 Å². The Morgan fingerprint density at radius 3 is 2.86 bits per heavy atom. The number of likely N-dealkylation sites (tertiary alicyclic amines) is 1. The Hall–Kier alpha value is -2.29. The number of aromatic nitrogens is 2. The SMILES string of the molecule is Cc1csc2ncc(C(=O)N3CCC(F)(C(=O)O)C3)c(=O)n12. The van der Waals surface area contributed by atoms with Crippen LogP contribution in [0.1, 0.15) is 22.5 Å². The molecule has 1 N–H and O–H groups in total. The highest BCUT2D eigenvalue weighted by molar-refractivity contribution is 7.15. The van der Waals surface area contributed by atoms with Gasteiger partial charge in [0.05, 0.1) is 6.54 Å². The van der Waals surface area contributed by atoms with Gasteiger partial charge in [0, 0.05) is 30.2 Å². The number of thiazole rings is 1. The maximum absolute atomic E-state index is 14.0. The molecule has 22 heavy (non-hydrogen) atoms. The summed E-state index contributed by atoms with van der Waals surface area (Å²) in [6.45, 7) is 1.10. The number of aliphatic carboxylic acids is 1. The zero-order valence-electron chi connectivity index (χ0n) is 11.6. The Labute approximate surface area is 127 Å². The third-order valence-electron chi connectivity index (χ3n) is 3.74. The Bertz CT molecular complexity index is 845. The van der Waals surface area contributed by atoms with Gasteiger partial charge in [-0.25, -0.2) is 14.2 Å². The van der Waals surface area contributed by atoms with Crippen molar-refractivity contribution in [1.82, 2.24) is 14.3 Å². The molecule has 1 unspecified atom stereocenters. The van der Waals surface area contributed by atoms with Gasteiger partial charge in [0.1, 0.15) is 5.56 Å². The number of rotatable bonds is 2. The third-order valence-corrected chi connectivity index (χ3v) is 4.69. The number of fused-ring (bicyclic) bond motifs is 1. The van der Waals surface area contributed by atoms with E-state index in [1.165, 1.54) is 15.7 Å². The number of hydrogen-bond acceptors (Lipinski definition) is 5. The van der Waals surface area contributed by atoms with Crippen molar-refractivity contribution in [3.8, 4) is 0 Å². The number of carboxylic acids is 1. The van der Waals surface area contributed by atoms with Crippen molar-refractivity contribution in [2.45, 2.75) is 19.0 Å². The molecule has 0 saturated carbocycles. The Morgan fingerprint density at radius 2 is 2.23 bits per heavy atom. The zero-order valence-corrected chi connectivity index (χ0v) is 12.4. The van der Waals surface area contributed by atoms with Crippen LogP contribution in [0.25, 0.3) is 4.96 Å². The number of aryl methyl sites for hydroxylation is 1. The van der Waals surface area contributed by atoms with Gasteiger partial charge in [0.2, 0.25) is 5.67 Å². The molecule has 2 aromatic rings. The summed E-state index contributed by atoms with van der Waals surface area (Å²) in [6, 6.07) is 0. The second kappa shape index (κ2) is 4.87. The van der Waals surface area contributed by atoms with Gasteiger partial charge in [-0.2, -0.15) is 0 Å². The summed E-state index contributed by atoms with van der Waals surface area (Å²) in [5.74, 6) is -2.29. The number of carboxylic acid groups (broad SMARTS) is 1.